The molecule has 0 heterocycles. The number of hydrogen-bond donors (Lipinski definition) is 3. The first kappa shape index (κ1) is 21.3. The highest BCUT2D eigenvalue weighted by Gasteiger charge is 2.44. The minimum atomic E-state index is -2.20. The van der Waals surface area contributed by atoms with Gasteiger partial charge in [0.15, 0.2) is 0 Å². The molecule has 0 spiro atoms. The van der Waals surface area contributed by atoms with Gasteiger partial charge >= 0.3 is 11.9 Å². The second kappa shape index (κ2) is 8.96. The molecule has 9 heteroatoms. The molecule has 3 rings (SSSR count). The van der Waals surface area contributed by atoms with Crippen molar-refractivity contribution in [2.45, 2.75) is 36.9 Å². The highest BCUT2D eigenvalue weighted by Crippen LogP contribution is 2.44. The highest BCUT2D eigenvalue weighted by molar-refractivity contribution is 6.03. The number of nitrogens with two attached hydrogens (primary N) is 2. The molecule has 0 aromatic heterocycles. The number of carboxylic acid groups (broad SMARTS) is 1. The molecule has 9 nitrogen and oxygen atoms in total. The SMILES string of the molecule is [N-]=[N+]=NC(N)CCCC(N)(C(=O)O)C(=O)OCC1c2ccccc2-c2ccccc21. The molecular formula is C21H23N5O4. The maximum atomic E-state index is 12.6. The maximum absolute atomic E-state index is 12.6. The van der Waals surface area contributed by atoms with E-state index in [2.05, 4.69) is 10.0 Å². The number of nitrogens with zero attached hydrogens (tertiary/aromatic N) is 3. The van der Waals surface area contributed by atoms with Crippen LogP contribution in [0.4, 0.5) is 0 Å². The van der Waals surface area contributed by atoms with E-state index in [-0.39, 0.29) is 31.8 Å². The second-order valence-electron chi connectivity index (χ2n) is 7.27. The van der Waals surface area contributed by atoms with Gasteiger partial charge in [0.1, 0.15) is 6.61 Å². The smallest absolute Gasteiger partial charge is 0.337 e. The van der Waals surface area contributed by atoms with Crippen LogP contribution in [0.2, 0.25) is 0 Å². The summed E-state index contributed by atoms with van der Waals surface area (Å²) in [5.74, 6) is -2.68. The third-order valence-electron chi connectivity index (χ3n) is 5.36. The molecule has 1 aliphatic carbocycles. The number of ether oxygens (including phenoxy) is 1. The molecule has 5 N–H and O–H groups in total. The summed E-state index contributed by atoms with van der Waals surface area (Å²) < 4.78 is 5.41. The molecule has 2 aromatic rings. The van der Waals surface area contributed by atoms with Gasteiger partial charge in [0, 0.05) is 10.8 Å². The topological polar surface area (TPSA) is 164 Å². The van der Waals surface area contributed by atoms with E-state index < -0.39 is 23.6 Å². The van der Waals surface area contributed by atoms with Crippen LogP contribution in [0.3, 0.4) is 0 Å². The summed E-state index contributed by atoms with van der Waals surface area (Å²) in [7, 11) is 0. The van der Waals surface area contributed by atoms with Crippen LogP contribution in [-0.2, 0) is 14.3 Å². The van der Waals surface area contributed by atoms with E-state index in [0.717, 1.165) is 22.3 Å². The van der Waals surface area contributed by atoms with Gasteiger partial charge in [0.25, 0.3) is 0 Å². The Morgan fingerprint density at radius 1 is 1.17 bits per heavy atom. The molecule has 0 radical (unpaired) electrons. The lowest BCUT2D eigenvalue weighted by molar-refractivity contribution is -0.161. The molecule has 2 atom stereocenters. The van der Waals surface area contributed by atoms with E-state index in [0.29, 0.717) is 0 Å². The fraction of sp³-hybridized carbons (Fsp3) is 0.333. The molecule has 2 unspecified atom stereocenters. The van der Waals surface area contributed by atoms with Gasteiger partial charge in [-0.25, -0.2) is 9.59 Å². The predicted molar refractivity (Wildman–Crippen MR) is 110 cm³/mol. The lowest BCUT2D eigenvalue weighted by Crippen LogP contribution is -2.56. The molecule has 0 aliphatic heterocycles. The lowest BCUT2D eigenvalue weighted by atomic mass is 9.93. The van der Waals surface area contributed by atoms with E-state index in [1.54, 1.807) is 0 Å². The summed E-state index contributed by atoms with van der Waals surface area (Å²) in [6.07, 6.45) is -0.608. The van der Waals surface area contributed by atoms with Crippen LogP contribution in [0.15, 0.2) is 53.6 Å². The Hall–Kier alpha value is -3.39. The fourth-order valence-corrected chi connectivity index (χ4v) is 3.74. The van der Waals surface area contributed by atoms with Gasteiger partial charge in [-0.15, -0.1) is 0 Å². The summed E-state index contributed by atoms with van der Waals surface area (Å²) in [4.78, 5) is 27.0. The Labute approximate surface area is 173 Å². The number of fused-ring (bicyclic) bond motifs is 3. The number of carbonyl (C=O) groups excluding carboxylic acids is 1. The second-order valence-corrected chi connectivity index (χ2v) is 7.27. The zero-order valence-corrected chi connectivity index (χ0v) is 16.3. The molecular weight excluding hydrogens is 386 g/mol. The van der Waals surface area contributed by atoms with Crippen molar-refractivity contribution in [3.63, 3.8) is 0 Å². The fourth-order valence-electron chi connectivity index (χ4n) is 3.74. The van der Waals surface area contributed by atoms with Crippen molar-refractivity contribution in [2.75, 3.05) is 6.61 Å². The van der Waals surface area contributed by atoms with Crippen LogP contribution >= 0.6 is 0 Å². The standard InChI is InChI=1S/C21H23N5O4/c22-18(25-26-24)10-5-11-21(23,19(27)28)20(29)30-12-17-15-8-3-1-6-13(15)14-7-2-4-9-16(14)17/h1-4,6-9,17-18H,5,10-12,22-23H2,(H,27,28). The van der Waals surface area contributed by atoms with Gasteiger partial charge in [-0.3, -0.25) is 0 Å². The number of benzene rings is 2. The number of azide groups is 1. The summed E-state index contributed by atoms with van der Waals surface area (Å²) >= 11 is 0. The Kier molecular flexibility index (Phi) is 6.37. The Morgan fingerprint density at radius 2 is 1.73 bits per heavy atom. The van der Waals surface area contributed by atoms with E-state index in [1.165, 1.54) is 0 Å². The molecule has 0 amide bonds. The normalized spacial score (nSPS) is 15.3. The van der Waals surface area contributed by atoms with Gasteiger partial charge in [0.05, 0.1) is 6.17 Å². The molecule has 156 valence electrons. The Morgan fingerprint density at radius 3 is 2.27 bits per heavy atom. The highest BCUT2D eigenvalue weighted by atomic mass is 16.5. The quantitative estimate of drug-likeness (QED) is 0.189. The first-order valence-electron chi connectivity index (χ1n) is 9.56. The first-order chi connectivity index (χ1) is 14.4. The van der Waals surface area contributed by atoms with Crippen molar-refractivity contribution in [3.8, 4) is 11.1 Å². The first-order valence-corrected chi connectivity index (χ1v) is 9.56. The van der Waals surface area contributed by atoms with Crippen molar-refractivity contribution < 1.29 is 19.4 Å². The monoisotopic (exact) mass is 409 g/mol. The van der Waals surface area contributed by atoms with Crippen molar-refractivity contribution >= 4 is 11.9 Å². The molecule has 1 aliphatic rings. The lowest BCUT2D eigenvalue weighted by Gasteiger charge is -2.24. The van der Waals surface area contributed by atoms with Gasteiger partial charge in [-0.1, -0.05) is 53.6 Å². The number of carbonyl (C=O) groups is 2. The van der Waals surface area contributed by atoms with Crippen LogP contribution in [0, 0.1) is 0 Å². The van der Waals surface area contributed by atoms with E-state index >= 15 is 0 Å². The summed E-state index contributed by atoms with van der Waals surface area (Å²) in [6, 6.07) is 15.7. The summed E-state index contributed by atoms with van der Waals surface area (Å²) in [6.45, 7) is -0.0165. The Bertz CT molecular complexity index is 959. The van der Waals surface area contributed by atoms with Gasteiger partial charge in [0.2, 0.25) is 5.54 Å². The van der Waals surface area contributed by atoms with E-state index in [9.17, 15) is 14.7 Å². The van der Waals surface area contributed by atoms with E-state index in [1.807, 2.05) is 48.5 Å². The number of rotatable bonds is 9. The largest absolute Gasteiger partial charge is 0.479 e. The molecule has 0 saturated heterocycles. The van der Waals surface area contributed by atoms with Crippen molar-refractivity contribution in [3.05, 3.63) is 70.1 Å². The van der Waals surface area contributed by atoms with Gasteiger partial charge in [-0.05, 0) is 47.0 Å². The summed E-state index contributed by atoms with van der Waals surface area (Å²) in [5.41, 5.74) is 21.8. The molecule has 0 bridgehead atoms. The van der Waals surface area contributed by atoms with Gasteiger partial charge < -0.3 is 21.3 Å². The number of esters is 1. The average Bonchev–Trinajstić information content (AvgIpc) is 3.05. The zero-order chi connectivity index (χ0) is 21.7. The molecule has 0 saturated carbocycles. The average molecular weight is 409 g/mol. The van der Waals surface area contributed by atoms with Crippen LogP contribution in [-0.4, -0.2) is 35.4 Å². The van der Waals surface area contributed by atoms with Crippen molar-refractivity contribution in [1.29, 1.82) is 0 Å². The Balaban J connectivity index is 1.71. The zero-order valence-electron chi connectivity index (χ0n) is 16.3. The minimum Gasteiger partial charge on any atom is -0.479 e. The predicted octanol–water partition coefficient (Wildman–Crippen LogP) is 2.89. The van der Waals surface area contributed by atoms with Crippen LogP contribution in [0.5, 0.6) is 0 Å². The minimum absolute atomic E-state index is 0.0165. The van der Waals surface area contributed by atoms with Gasteiger partial charge in [-0.2, -0.15) is 0 Å². The third kappa shape index (κ3) is 4.13. The van der Waals surface area contributed by atoms with Crippen LogP contribution < -0.4 is 11.5 Å². The van der Waals surface area contributed by atoms with E-state index in [4.69, 9.17) is 21.7 Å². The molecule has 2 aromatic carbocycles. The van der Waals surface area contributed by atoms with Crippen molar-refractivity contribution in [1.82, 2.24) is 0 Å². The molecule has 30 heavy (non-hydrogen) atoms. The maximum Gasteiger partial charge on any atom is 0.337 e. The van der Waals surface area contributed by atoms with Crippen LogP contribution in [0.25, 0.3) is 21.6 Å². The van der Waals surface area contributed by atoms with Crippen molar-refractivity contribution in [2.24, 2.45) is 16.6 Å². The number of carboxylic acids is 1. The van der Waals surface area contributed by atoms with Crippen LogP contribution in [0.1, 0.15) is 36.3 Å². The summed E-state index contributed by atoms with van der Waals surface area (Å²) in [5, 5.41) is 12.9. The number of aliphatic carboxylic acids is 1. The molecule has 0 fully saturated rings. The third-order valence-corrected chi connectivity index (χ3v) is 5.36. The number of hydrogen-bond acceptors (Lipinski definition) is 6.